The quantitative estimate of drug-likeness (QED) is 0.354. The number of ether oxygens (including phenoxy) is 1. The van der Waals surface area contributed by atoms with Crippen LogP contribution in [0.3, 0.4) is 0 Å². The Morgan fingerprint density at radius 3 is 3.00 bits per heavy atom. The number of methoxy groups -OCH3 is 1. The smallest absolute Gasteiger partial charge is 0.301 e. The molecule has 16 heavy (non-hydrogen) atoms. The summed E-state index contributed by atoms with van der Waals surface area (Å²) in [5.41, 5.74) is 5.48. The first-order valence-electron chi connectivity index (χ1n) is 4.68. The highest BCUT2D eigenvalue weighted by Crippen LogP contribution is 2.28. The summed E-state index contributed by atoms with van der Waals surface area (Å²) in [7, 11) is 1.62. The predicted octanol–water partition coefficient (Wildman–Crippen LogP) is 1.70. The van der Waals surface area contributed by atoms with Crippen LogP contribution in [0.5, 0.6) is 0 Å². The van der Waals surface area contributed by atoms with E-state index in [9.17, 15) is 10.1 Å². The molecule has 1 heterocycles. The topological polar surface area (TPSA) is 91.3 Å². The van der Waals surface area contributed by atoms with Gasteiger partial charge in [0.1, 0.15) is 5.82 Å². The number of hydrogen-bond acceptors (Lipinski definition) is 6. The molecule has 1 aromatic heterocycles. The van der Waals surface area contributed by atoms with Crippen LogP contribution in [-0.4, -0.2) is 29.4 Å². The van der Waals surface area contributed by atoms with Gasteiger partial charge in [-0.1, -0.05) is 11.8 Å². The van der Waals surface area contributed by atoms with E-state index < -0.39 is 4.92 Å². The van der Waals surface area contributed by atoms with Crippen molar-refractivity contribution in [2.75, 3.05) is 25.2 Å². The zero-order chi connectivity index (χ0) is 12.0. The average Bonchev–Trinajstić information content (AvgIpc) is 2.24. The second kappa shape index (κ2) is 6.29. The number of rotatable bonds is 6. The summed E-state index contributed by atoms with van der Waals surface area (Å²) in [6, 6.07) is 2.80. The van der Waals surface area contributed by atoms with Crippen LogP contribution in [-0.2, 0) is 4.74 Å². The molecule has 0 fully saturated rings. The summed E-state index contributed by atoms with van der Waals surface area (Å²) in [5.74, 6) is 1.00. The Morgan fingerprint density at radius 2 is 2.38 bits per heavy atom. The standard InChI is InChI=1S/C9H13N3O3S/c1-15-5-2-6-16-9-7(12(13)14)3-4-8(10)11-9/h3-4H,2,5-6H2,1H3,(H2,10,11). The molecule has 0 unspecified atom stereocenters. The van der Waals surface area contributed by atoms with E-state index in [1.54, 1.807) is 7.11 Å². The zero-order valence-corrected chi connectivity index (χ0v) is 9.70. The Morgan fingerprint density at radius 1 is 1.62 bits per heavy atom. The van der Waals surface area contributed by atoms with E-state index >= 15 is 0 Å². The van der Waals surface area contributed by atoms with Gasteiger partial charge in [-0.15, -0.1) is 0 Å². The summed E-state index contributed by atoms with van der Waals surface area (Å²) >= 11 is 1.32. The van der Waals surface area contributed by atoms with Gasteiger partial charge in [-0.2, -0.15) is 0 Å². The highest BCUT2D eigenvalue weighted by atomic mass is 32.2. The summed E-state index contributed by atoms with van der Waals surface area (Å²) in [6.45, 7) is 0.628. The molecule has 88 valence electrons. The number of aromatic nitrogens is 1. The van der Waals surface area contributed by atoms with Gasteiger partial charge in [-0.3, -0.25) is 10.1 Å². The van der Waals surface area contributed by atoms with Gasteiger partial charge in [0.2, 0.25) is 0 Å². The fourth-order valence-corrected chi connectivity index (χ4v) is 1.98. The first-order valence-corrected chi connectivity index (χ1v) is 5.66. The van der Waals surface area contributed by atoms with Gasteiger partial charge in [0.25, 0.3) is 0 Å². The molecule has 6 nitrogen and oxygen atoms in total. The molecule has 0 bridgehead atoms. The molecule has 0 aliphatic heterocycles. The van der Waals surface area contributed by atoms with Crippen molar-refractivity contribution < 1.29 is 9.66 Å². The van der Waals surface area contributed by atoms with Crippen LogP contribution in [0.15, 0.2) is 17.2 Å². The van der Waals surface area contributed by atoms with Crippen LogP contribution in [0, 0.1) is 10.1 Å². The van der Waals surface area contributed by atoms with Crippen LogP contribution in [0.25, 0.3) is 0 Å². The maximum atomic E-state index is 10.7. The molecule has 2 N–H and O–H groups in total. The Balaban J connectivity index is 2.68. The third-order valence-corrected chi connectivity index (χ3v) is 2.86. The van der Waals surface area contributed by atoms with Gasteiger partial charge in [0, 0.05) is 25.5 Å². The average molecular weight is 243 g/mol. The minimum Gasteiger partial charge on any atom is -0.385 e. The molecular weight excluding hydrogens is 230 g/mol. The summed E-state index contributed by atoms with van der Waals surface area (Å²) < 4.78 is 4.89. The Kier molecular flexibility index (Phi) is 5.00. The number of hydrogen-bond donors (Lipinski definition) is 1. The molecule has 0 spiro atoms. The lowest BCUT2D eigenvalue weighted by molar-refractivity contribution is -0.388. The van der Waals surface area contributed by atoms with E-state index in [0.717, 1.165) is 6.42 Å². The van der Waals surface area contributed by atoms with Crippen LogP contribution in [0.4, 0.5) is 11.5 Å². The van der Waals surface area contributed by atoms with Crippen molar-refractivity contribution >= 4 is 23.3 Å². The van der Waals surface area contributed by atoms with E-state index in [-0.39, 0.29) is 5.69 Å². The molecule has 0 aliphatic rings. The van der Waals surface area contributed by atoms with E-state index in [2.05, 4.69) is 4.98 Å². The van der Waals surface area contributed by atoms with Crippen LogP contribution in [0.2, 0.25) is 0 Å². The number of anilines is 1. The minimum atomic E-state index is -0.453. The highest BCUT2D eigenvalue weighted by Gasteiger charge is 2.15. The second-order valence-electron chi connectivity index (χ2n) is 3.01. The number of nitrogens with zero attached hydrogens (tertiary/aromatic N) is 2. The van der Waals surface area contributed by atoms with Gasteiger partial charge in [0.05, 0.1) is 4.92 Å². The van der Waals surface area contributed by atoms with Gasteiger partial charge in [-0.05, 0) is 12.5 Å². The van der Waals surface area contributed by atoms with Crippen molar-refractivity contribution in [1.29, 1.82) is 0 Å². The van der Waals surface area contributed by atoms with Crippen LogP contribution in [0.1, 0.15) is 6.42 Å². The lowest BCUT2D eigenvalue weighted by Gasteiger charge is -2.02. The van der Waals surface area contributed by atoms with E-state index in [4.69, 9.17) is 10.5 Å². The van der Waals surface area contributed by atoms with Gasteiger partial charge in [0.15, 0.2) is 5.03 Å². The molecule has 0 amide bonds. The van der Waals surface area contributed by atoms with Crippen molar-refractivity contribution in [3.8, 4) is 0 Å². The maximum absolute atomic E-state index is 10.7. The van der Waals surface area contributed by atoms with Crippen molar-refractivity contribution in [3.63, 3.8) is 0 Å². The summed E-state index contributed by atoms with van der Waals surface area (Å²) in [5, 5.41) is 11.1. The second-order valence-corrected chi connectivity index (χ2v) is 4.10. The summed E-state index contributed by atoms with van der Waals surface area (Å²) in [6.07, 6.45) is 0.814. The third-order valence-electron chi connectivity index (χ3n) is 1.79. The highest BCUT2D eigenvalue weighted by molar-refractivity contribution is 7.99. The molecule has 1 aromatic rings. The lowest BCUT2D eigenvalue weighted by Crippen LogP contribution is -1.98. The normalized spacial score (nSPS) is 10.3. The lowest BCUT2D eigenvalue weighted by atomic mass is 10.4. The van der Waals surface area contributed by atoms with E-state index in [0.29, 0.717) is 23.2 Å². The summed E-state index contributed by atoms with van der Waals surface area (Å²) in [4.78, 5) is 14.2. The van der Waals surface area contributed by atoms with E-state index in [1.807, 2.05) is 0 Å². The fourth-order valence-electron chi connectivity index (χ4n) is 1.06. The SMILES string of the molecule is COCCCSc1nc(N)ccc1[N+](=O)[O-]. The Hall–Kier alpha value is -1.34. The van der Waals surface area contributed by atoms with Gasteiger partial charge >= 0.3 is 5.69 Å². The maximum Gasteiger partial charge on any atom is 0.301 e. The fraction of sp³-hybridized carbons (Fsp3) is 0.444. The van der Waals surface area contributed by atoms with Crippen molar-refractivity contribution in [3.05, 3.63) is 22.2 Å². The Bertz CT molecular complexity index is 373. The molecule has 1 rings (SSSR count). The molecule has 0 aromatic carbocycles. The monoisotopic (exact) mass is 243 g/mol. The van der Waals surface area contributed by atoms with Crippen molar-refractivity contribution in [1.82, 2.24) is 4.98 Å². The molecule has 0 saturated carbocycles. The first-order chi connectivity index (χ1) is 7.65. The minimum absolute atomic E-state index is 0.00313. The Labute approximate surface area is 97.3 Å². The predicted molar refractivity (Wildman–Crippen MR) is 62.5 cm³/mol. The number of pyridine rings is 1. The largest absolute Gasteiger partial charge is 0.385 e. The third kappa shape index (κ3) is 3.67. The number of nitrogens with two attached hydrogens (primary N) is 1. The number of nitrogen functional groups attached to an aromatic ring is 1. The van der Waals surface area contributed by atoms with Gasteiger partial charge < -0.3 is 10.5 Å². The van der Waals surface area contributed by atoms with Crippen LogP contribution < -0.4 is 5.73 Å². The van der Waals surface area contributed by atoms with Crippen LogP contribution >= 0.6 is 11.8 Å². The first kappa shape index (κ1) is 12.7. The molecule has 7 heteroatoms. The number of thioether (sulfide) groups is 1. The number of nitro groups is 1. The molecule has 0 radical (unpaired) electrons. The zero-order valence-electron chi connectivity index (χ0n) is 8.88. The van der Waals surface area contributed by atoms with Gasteiger partial charge in [-0.25, -0.2) is 4.98 Å². The molecular formula is C9H13N3O3S. The molecule has 0 saturated heterocycles. The molecule has 0 atom stereocenters. The van der Waals surface area contributed by atoms with Crippen molar-refractivity contribution in [2.24, 2.45) is 0 Å². The van der Waals surface area contributed by atoms with Crippen molar-refractivity contribution in [2.45, 2.75) is 11.4 Å². The van der Waals surface area contributed by atoms with E-state index in [1.165, 1.54) is 23.9 Å². The molecule has 0 aliphatic carbocycles.